The molecule has 0 amide bonds. The molecule has 1 aromatic rings. The molecule has 0 radical (unpaired) electrons. The Balaban J connectivity index is 2.57. The summed E-state index contributed by atoms with van der Waals surface area (Å²) in [6.07, 6.45) is 2.03. The highest BCUT2D eigenvalue weighted by Gasteiger charge is 2.49. The lowest BCUT2D eigenvalue weighted by Crippen LogP contribution is -2.32. The Morgan fingerprint density at radius 3 is 2.28 bits per heavy atom. The summed E-state index contributed by atoms with van der Waals surface area (Å²) in [6, 6.07) is 3.67. The summed E-state index contributed by atoms with van der Waals surface area (Å²) in [5, 5.41) is 0. The van der Waals surface area contributed by atoms with Crippen LogP contribution in [0.15, 0.2) is 12.1 Å². The average molecular weight is 251 g/mol. The van der Waals surface area contributed by atoms with Gasteiger partial charge in [-0.3, -0.25) is 0 Å². The Labute approximate surface area is 108 Å². The van der Waals surface area contributed by atoms with Crippen molar-refractivity contribution in [3.8, 4) is 5.75 Å². The lowest BCUT2D eigenvalue weighted by atomic mass is 9.86. The van der Waals surface area contributed by atoms with Crippen LogP contribution in [-0.4, -0.2) is 13.2 Å². The molecule has 0 aliphatic heterocycles. The third-order valence-corrected chi connectivity index (χ3v) is 4.13. The van der Waals surface area contributed by atoms with Gasteiger partial charge in [-0.25, -0.2) is 4.39 Å². The molecule has 1 aliphatic carbocycles. The van der Waals surface area contributed by atoms with Crippen LogP contribution in [-0.2, 0) is 5.41 Å². The quantitative estimate of drug-likeness (QED) is 0.890. The third-order valence-electron chi connectivity index (χ3n) is 4.13. The van der Waals surface area contributed by atoms with Gasteiger partial charge < -0.3 is 10.5 Å². The highest BCUT2D eigenvalue weighted by atomic mass is 19.1. The standard InChI is InChI=1S/C15H22FNO/c1-9(2)11-7-12(14(18-4)13(16)8-11)15(5-6-15)10(3)17/h7-10H,5-6,17H2,1-4H3. The fourth-order valence-electron chi connectivity index (χ4n) is 2.63. The van der Waals surface area contributed by atoms with Crippen LogP contribution in [0.3, 0.4) is 0 Å². The van der Waals surface area contributed by atoms with Gasteiger partial charge in [0.15, 0.2) is 11.6 Å². The van der Waals surface area contributed by atoms with Gasteiger partial charge in [0.25, 0.3) is 0 Å². The fourth-order valence-corrected chi connectivity index (χ4v) is 2.63. The number of methoxy groups -OCH3 is 1. The van der Waals surface area contributed by atoms with Crippen LogP contribution < -0.4 is 10.5 Å². The summed E-state index contributed by atoms with van der Waals surface area (Å²) in [7, 11) is 1.52. The van der Waals surface area contributed by atoms with Gasteiger partial charge in [-0.15, -0.1) is 0 Å². The van der Waals surface area contributed by atoms with Gasteiger partial charge >= 0.3 is 0 Å². The first-order valence-corrected chi connectivity index (χ1v) is 6.56. The summed E-state index contributed by atoms with van der Waals surface area (Å²) in [5.41, 5.74) is 7.96. The number of halogens is 1. The van der Waals surface area contributed by atoms with Crippen LogP contribution in [0.1, 0.15) is 50.7 Å². The Morgan fingerprint density at radius 1 is 1.28 bits per heavy atom. The van der Waals surface area contributed by atoms with Crippen molar-refractivity contribution in [2.24, 2.45) is 5.73 Å². The zero-order chi connectivity index (χ0) is 13.5. The molecule has 0 spiro atoms. The van der Waals surface area contributed by atoms with Crippen molar-refractivity contribution in [3.63, 3.8) is 0 Å². The van der Waals surface area contributed by atoms with Crippen molar-refractivity contribution in [3.05, 3.63) is 29.1 Å². The first-order valence-electron chi connectivity index (χ1n) is 6.56. The average Bonchev–Trinajstić information content (AvgIpc) is 3.08. The van der Waals surface area contributed by atoms with E-state index in [0.29, 0.717) is 11.7 Å². The predicted molar refractivity (Wildman–Crippen MR) is 71.6 cm³/mol. The monoisotopic (exact) mass is 251 g/mol. The molecule has 0 bridgehead atoms. The van der Waals surface area contributed by atoms with E-state index >= 15 is 0 Å². The van der Waals surface area contributed by atoms with E-state index in [1.165, 1.54) is 7.11 Å². The molecule has 0 heterocycles. The van der Waals surface area contributed by atoms with Crippen LogP contribution >= 0.6 is 0 Å². The number of ether oxygens (including phenoxy) is 1. The van der Waals surface area contributed by atoms with E-state index in [9.17, 15) is 4.39 Å². The van der Waals surface area contributed by atoms with Crippen molar-refractivity contribution in [1.29, 1.82) is 0 Å². The molecule has 3 heteroatoms. The van der Waals surface area contributed by atoms with E-state index < -0.39 is 0 Å². The van der Waals surface area contributed by atoms with Gasteiger partial charge in [-0.05, 0) is 37.3 Å². The van der Waals surface area contributed by atoms with Crippen molar-refractivity contribution < 1.29 is 9.13 Å². The van der Waals surface area contributed by atoms with E-state index in [2.05, 4.69) is 19.9 Å². The maximum atomic E-state index is 14.1. The topological polar surface area (TPSA) is 35.2 Å². The molecule has 1 aliphatic rings. The van der Waals surface area contributed by atoms with Gasteiger partial charge in [0.2, 0.25) is 0 Å². The maximum absolute atomic E-state index is 14.1. The normalized spacial score (nSPS) is 18.8. The lowest BCUT2D eigenvalue weighted by Gasteiger charge is -2.24. The van der Waals surface area contributed by atoms with Gasteiger partial charge in [-0.1, -0.05) is 19.9 Å². The van der Waals surface area contributed by atoms with Gasteiger partial charge in [-0.2, -0.15) is 0 Å². The smallest absolute Gasteiger partial charge is 0.165 e. The molecule has 0 aromatic heterocycles. The van der Waals surface area contributed by atoms with Gasteiger partial charge in [0.1, 0.15) is 0 Å². The molecule has 2 rings (SSSR count). The second-order valence-corrected chi connectivity index (χ2v) is 5.68. The SMILES string of the molecule is COc1c(F)cc(C(C)C)cc1C1(C(C)N)CC1. The Morgan fingerprint density at radius 2 is 1.89 bits per heavy atom. The Bertz CT molecular complexity index is 450. The van der Waals surface area contributed by atoms with Crippen LogP contribution in [0.2, 0.25) is 0 Å². The second-order valence-electron chi connectivity index (χ2n) is 5.68. The van der Waals surface area contributed by atoms with Crippen molar-refractivity contribution in [2.75, 3.05) is 7.11 Å². The minimum Gasteiger partial charge on any atom is -0.493 e. The van der Waals surface area contributed by atoms with Crippen molar-refractivity contribution in [1.82, 2.24) is 0 Å². The molecule has 2 nitrogen and oxygen atoms in total. The molecular weight excluding hydrogens is 229 g/mol. The highest BCUT2D eigenvalue weighted by Crippen LogP contribution is 2.54. The Kier molecular flexibility index (Phi) is 3.37. The molecule has 1 aromatic carbocycles. The molecule has 1 saturated carbocycles. The molecule has 1 atom stereocenters. The molecule has 1 fully saturated rings. The number of benzene rings is 1. The lowest BCUT2D eigenvalue weighted by molar-refractivity contribution is 0.371. The summed E-state index contributed by atoms with van der Waals surface area (Å²) in [5.74, 6) is 0.396. The van der Waals surface area contributed by atoms with E-state index in [1.807, 2.05) is 6.92 Å². The minimum absolute atomic E-state index is 0.0215. The Hall–Kier alpha value is -1.09. The van der Waals surface area contributed by atoms with Crippen LogP contribution in [0.5, 0.6) is 5.75 Å². The largest absolute Gasteiger partial charge is 0.493 e. The molecule has 2 N–H and O–H groups in total. The summed E-state index contributed by atoms with van der Waals surface area (Å²) < 4.78 is 19.4. The van der Waals surface area contributed by atoms with Gasteiger partial charge in [0, 0.05) is 17.0 Å². The fraction of sp³-hybridized carbons (Fsp3) is 0.600. The van der Waals surface area contributed by atoms with E-state index in [0.717, 1.165) is 24.0 Å². The minimum atomic E-state index is -0.273. The first-order chi connectivity index (χ1) is 8.42. The molecule has 18 heavy (non-hydrogen) atoms. The summed E-state index contributed by atoms with van der Waals surface area (Å²) in [6.45, 7) is 6.12. The number of rotatable bonds is 4. The number of hydrogen-bond donors (Lipinski definition) is 1. The zero-order valence-electron chi connectivity index (χ0n) is 11.6. The van der Waals surface area contributed by atoms with Crippen molar-refractivity contribution >= 4 is 0 Å². The molecule has 100 valence electrons. The summed E-state index contributed by atoms with van der Waals surface area (Å²) in [4.78, 5) is 0. The molecular formula is C15H22FNO. The number of nitrogens with two attached hydrogens (primary N) is 1. The van der Waals surface area contributed by atoms with Crippen LogP contribution in [0.4, 0.5) is 4.39 Å². The third kappa shape index (κ3) is 2.01. The summed E-state index contributed by atoms with van der Waals surface area (Å²) >= 11 is 0. The molecule has 1 unspecified atom stereocenters. The second kappa shape index (κ2) is 4.54. The van der Waals surface area contributed by atoms with Crippen LogP contribution in [0, 0.1) is 5.82 Å². The van der Waals surface area contributed by atoms with Gasteiger partial charge in [0.05, 0.1) is 7.11 Å². The van der Waals surface area contributed by atoms with Crippen LogP contribution in [0.25, 0.3) is 0 Å². The molecule has 0 saturated heterocycles. The highest BCUT2D eigenvalue weighted by molar-refractivity contribution is 5.48. The van der Waals surface area contributed by atoms with E-state index in [1.54, 1.807) is 6.07 Å². The van der Waals surface area contributed by atoms with Crippen molar-refractivity contribution in [2.45, 2.75) is 51.0 Å². The maximum Gasteiger partial charge on any atom is 0.165 e. The zero-order valence-corrected chi connectivity index (χ0v) is 11.6. The number of hydrogen-bond acceptors (Lipinski definition) is 2. The van der Waals surface area contributed by atoms with E-state index in [4.69, 9.17) is 10.5 Å². The predicted octanol–water partition coefficient (Wildman–Crippen LogP) is 3.34. The first kappa shape index (κ1) is 13.3. The van der Waals surface area contributed by atoms with E-state index in [-0.39, 0.29) is 17.3 Å².